The van der Waals surface area contributed by atoms with Gasteiger partial charge in [0.1, 0.15) is 0 Å². The lowest BCUT2D eigenvalue weighted by Gasteiger charge is -2.22. The highest BCUT2D eigenvalue weighted by Gasteiger charge is 2.30. The van der Waals surface area contributed by atoms with Crippen LogP contribution in [0.5, 0.6) is 0 Å². The fourth-order valence-electron chi connectivity index (χ4n) is 3.20. The van der Waals surface area contributed by atoms with Crippen molar-refractivity contribution < 1.29 is 9.21 Å². The topological polar surface area (TPSA) is 64.2 Å². The largest absolute Gasteiger partial charge is 0.461 e. The van der Waals surface area contributed by atoms with Gasteiger partial charge < -0.3 is 13.9 Å². The Morgan fingerprint density at radius 2 is 2.12 bits per heavy atom. The molecule has 1 atom stereocenters. The molecule has 4 rings (SSSR count). The van der Waals surface area contributed by atoms with E-state index in [0.29, 0.717) is 22.5 Å². The molecular weight excluding hydrogens is 336 g/mol. The molecule has 0 saturated carbocycles. The van der Waals surface area contributed by atoms with Gasteiger partial charge in [-0.05, 0) is 37.1 Å². The first kappa shape index (κ1) is 16.0. The Kier molecular flexibility index (Phi) is 4.09. The van der Waals surface area contributed by atoms with Crippen LogP contribution in [-0.4, -0.2) is 32.5 Å². The number of thioether (sulfide) groups is 1. The number of carbonyl (C=O) groups excluding carboxylic acids is 1. The van der Waals surface area contributed by atoms with Crippen molar-refractivity contribution >= 4 is 23.4 Å². The number of hydrogen-bond donors (Lipinski definition) is 0. The van der Waals surface area contributed by atoms with E-state index in [9.17, 15) is 4.79 Å². The van der Waals surface area contributed by atoms with Crippen molar-refractivity contribution in [1.82, 2.24) is 14.8 Å². The number of amides is 1. The summed E-state index contributed by atoms with van der Waals surface area (Å²) in [6.45, 7) is 2.08. The molecule has 1 unspecified atom stereocenters. The molecule has 2 aromatic heterocycles. The van der Waals surface area contributed by atoms with Crippen LogP contribution in [0.1, 0.15) is 12.5 Å². The summed E-state index contributed by atoms with van der Waals surface area (Å²) in [5.74, 6) is 1.73. The van der Waals surface area contributed by atoms with E-state index in [2.05, 4.69) is 23.2 Å². The van der Waals surface area contributed by atoms with Crippen LogP contribution in [0.4, 0.5) is 5.69 Å². The Balaban J connectivity index is 1.48. The minimum absolute atomic E-state index is 0.0880. The molecule has 1 amide bonds. The number of rotatable bonds is 4. The Labute approximate surface area is 149 Å². The maximum atomic E-state index is 12.8. The predicted octanol–water partition coefficient (Wildman–Crippen LogP) is 3.15. The number of benzene rings is 1. The zero-order valence-corrected chi connectivity index (χ0v) is 14.9. The standard InChI is InChI=1S/C18H18N4O2S/c1-12-10-13-6-3-4-7-14(13)22(12)16(23)11-25-18-20-19-17(21(18)2)15-8-5-9-24-15/h3-9,12H,10-11H2,1-2H3. The highest BCUT2D eigenvalue weighted by molar-refractivity contribution is 7.99. The SMILES string of the molecule is CC1Cc2ccccc2N1C(=O)CSc1nnc(-c2ccco2)n1C. The van der Waals surface area contributed by atoms with Crippen LogP contribution in [-0.2, 0) is 18.3 Å². The minimum Gasteiger partial charge on any atom is -0.461 e. The second kappa shape index (κ2) is 6.40. The van der Waals surface area contributed by atoms with Gasteiger partial charge in [-0.2, -0.15) is 0 Å². The van der Waals surface area contributed by atoms with E-state index in [4.69, 9.17) is 4.42 Å². The van der Waals surface area contributed by atoms with E-state index in [1.165, 1.54) is 17.3 Å². The number of nitrogens with zero attached hydrogens (tertiary/aromatic N) is 4. The van der Waals surface area contributed by atoms with Crippen molar-refractivity contribution in [2.75, 3.05) is 10.7 Å². The number of aromatic nitrogens is 3. The van der Waals surface area contributed by atoms with Gasteiger partial charge in [0.2, 0.25) is 5.91 Å². The van der Waals surface area contributed by atoms with E-state index < -0.39 is 0 Å². The lowest BCUT2D eigenvalue weighted by atomic mass is 10.1. The van der Waals surface area contributed by atoms with Crippen molar-refractivity contribution in [2.24, 2.45) is 7.05 Å². The maximum Gasteiger partial charge on any atom is 0.237 e. The lowest BCUT2D eigenvalue weighted by Crippen LogP contribution is -2.37. The van der Waals surface area contributed by atoms with Crippen LogP contribution in [0.15, 0.2) is 52.2 Å². The summed E-state index contributed by atoms with van der Waals surface area (Å²) in [6, 6.07) is 11.9. The van der Waals surface area contributed by atoms with Crippen molar-refractivity contribution in [3.8, 4) is 11.6 Å². The average Bonchev–Trinajstić information content (AvgIpc) is 3.31. The molecule has 0 spiro atoms. The molecule has 3 aromatic rings. The van der Waals surface area contributed by atoms with Gasteiger partial charge in [0, 0.05) is 18.8 Å². The minimum atomic E-state index is 0.0880. The first-order valence-corrected chi connectivity index (χ1v) is 9.09. The summed E-state index contributed by atoms with van der Waals surface area (Å²) in [5, 5.41) is 9.03. The van der Waals surface area contributed by atoms with Gasteiger partial charge in [-0.25, -0.2) is 0 Å². The fraction of sp³-hybridized carbons (Fsp3) is 0.278. The van der Waals surface area contributed by atoms with E-state index in [1.807, 2.05) is 46.8 Å². The second-order valence-electron chi connectivity index (χ2n) is 6.08. The summed E-state index contributed by atoms with van der Waals surface area (Å²) in [5.41, 5.74) is 2.25. The van der Waals surface area contributed by atoms with E-state index >= 15 is 0 Å². The average molecular weight is 354 g/mol. The maximum absolute atomic E-state index is 12.8. The van der Waals surface area contributed by atoms with Gasteiger partial charge in [0.05, 0.1) is 12.0 Å². The lowest BCUT2D eigenvalue weighted by molar-refractivity contribution is -0.116. The highest BCUT2D eigenvalue weighted by atomic mass is 32.2. The molecule has 3 heterocycles. The molecule has 7 heteroatoms. The highest BCUT2D eigenvalue weighted by Crippen LogP contribution is 2.33. The van der Waals surface area contributed by atoms with Crippen molar-refractivity contribution in [3.63, 3.8) is 0 Å². The van der Waals surface area contributed by atoms with Crippen molar-refractivity contribution in [2.45, 2.75) is 24.5 Å². The van der Waals surface area contributed by atoms with Gasteiger partial charge in [0.25, 0.3) is 0 Å². The summed E-state index contributed by atoms with van der Waals surface area (Å²) < 4.78 is 7.21. The van der Waals surface area contributed by atoms with Crippen molar-refractivity contribution in [3.05, 3.63) is 48.2 Å². The quantitative estimate of drug-likeness (QED) is 0.674. The van der Waals surface area contributed by atoms with Gasteiger partial charge in [-0.3, -0.25) is 4.79 Å². The van der Waals surface area contributed by atoms with Gasteiger partial charge in [-0.15, -0.1) is 10.2 Å². The van der Waals surface area contributed by atoms with Gasteiger partial charge >= 0.3 is 0 Å². The molecule has 25 heavy (non-hydrogen) atoms. The molecule has 1 aliphatic rings. The molecular formula is C18H18N4O2S. The van der Waals surface area contributed by atoms with Crippen LogP contribution in [0, 0.1) is 0 Å². The van der Waals surface area contributed by atoms with Crippen LogP contribution in [0.2, 0.25) is 0 Å². The fourth-order valence-corrected chi connectivity index (χ4v) is 3.97. The molecule has 0 saturated heterocycles. The number of hydrogen-bond acceptors (Lipinski definition) is 5. The molecule has 128 valence electrons. The first-order chi connectivity index (χ1) is 12.1. The third kappa shape index (κ3) is 2.84. The van der Waals surface area contributed by atoms with E-state index in [-0.39, 0.29) is 11.9 Å². The van der Waals surface area contributed by atoms with Crippen LogP contribution in [0.3, 0.4) is 0 Å². The molecule has 6 nitrogen and oxygen atoms in total. The zero-order valence-electron chi connectivity index (χ0n) is 14.0. The zero-order chi connectivity index (χ0) is 17.4. The smallest absolute Gasteiger partial charge is 0.237 e. The predicted molar refractivity (Wildman–Crippen MR) is 96.5 cm³/mol. The number of fused-ring (bicyclic) bond motifs is 1. The molecule has 1 aliphatic heterocycles. The number of carbonyl (C=O) groups is 1. The van der Waals surface area contributed by atoms with E-state index in [0.717, 1.165) is 12.1 Å². The second-order valence-corrected chi connectivity index (χ2v) is 7.02. The number of anilines is 1. The molecule has 0 N–H and O–H groups in total. The monoisotopic (exact) mass is 354 g/mol. The molecule has 0 fully saturated rings. The van der Waals surface area contributed by atoms with Gasteiger partial charge in [-0.1, -0.05) is 30.0 Å². The third-order valence-electron chi connectivity index (χ3n) is 4.38. The Morgan fingerprint density at radius 1 is 1.28 bits per heavy atom. The van der Waals surface area contributed by atoms with Crippen LogP contribution < -0.4 is 4.90 Å². The molecule has 0 bridgehead atoms. The molecule has 0 aliphatic carbocycles. The first-order valence-electron chi connectivity index (χ1n) is 8.11. The number of furan rings is 1. The Bertz CT molecular complexity index is 904. The molecule has 1 aromatic carbocycles. The summed E-state index contributed by atoms with van der Waals surface area (Å²) in [6.07, 6.45) is 2.51. The van der Waals surface area contributed by atoms with Gasteiger partial charge in [0.15, 0.2) is 16.7 Å². The van der Waals surface area contributed by atoms with E-state index in [1.54, 1.807) is 6.26 Å². The normalized spacial score (nSPS) is 16.2. The third-order valence-corrected chi connectivity index (χ3v) is 5.38. The number of para-hydroxylation sites is 1. The summed E-state index contributed by atoms with van der Waals surface area (Å²) in [4.78, 5) is 14.7. The van der Waals surface area contributed by atoms with Crippen molar-refractivity contribution in [1.29, 1.82) is 0 Å². The van der Waals surface area contributed by atoms with Crippen LogP contribution >= 0.6 is 11.8 Å². The summed E-state index contributed by atoms with van der Waals surface area (Å²) >= 11 is 1.39. The Morgan fingerprint density at radius 3 is 2.92 bits per heavy atom. The summed E-state index contributed by atoms with van der Waals surface area (Å²) in [7, 11) is 1.87. The Hall–Kier alpha value is -2.54. The molecule has 0 radical (unpaired) electrons. The van der Waals surface area contributed by atoms with Crippen LogP contribution in [0.25, 0.3) is 11.6 Å².